The van der Waals surface area contributed by atoms with Crippen LogP contribution in [0.2, 0.25) is 0 Å². The first-order valence-electron chi connectivity index (χ1n) is 6.26. The van der Waals surface area contributed by atoms with Gasteiger partial charge in [-0.2, -0.15) is 0 Å². The highest BCUT2D eigenvalue weighted by atomic mass is 19.1. The van der Waals surface area contributed by atoms with Crippen LogP contribution in [-0.4, -0.2) is 17.7 Å². The molecule has 0 heterocycles. The van der Waals surface area contributed by atoms with Crippen LogP contribution in [0.25, 0.3) is 6.08 Å². The number of rotatable bonds is 7. The van der Waals surface area contributed by atoms with Crippen molar-refractivity contribution in [3.8, 4) is 0 Å². The molecule has 0 aliphatic rings. The van der Waals surface area contributed by atoms with E-state index in [1.165, 1.54) is 18.2 Å². The van der Waals surface area contributed by atoms with E-state index in [0.29, 0.717) is 24.7 Å². The molecule has 0 aliphatic carbocycles. The van der Waals surface area contributed by atoms with E-state index in [1.54, 1.807) is 6.07 Å². The molecule has 1 aromatic carbocycles. The van der Waals surface area contributed by atoms with Gasteiger partial charge in [0.1, 0.15) is 5.82 Å². The largest absolute Gasteiger partial charge is 0.478 e. The molecule has 0 aliphatic heterocycles. The quantitative estimate of drug-likeness (QED) is 0.607. The van der Waals surface area contributed by atoms with Gasteiger partial charge in [0.2, 0.25) is 0 Å². The third-order valence-corrected chi connectivity index (χ3v) is 2.61. The molecular formula is C15H19FO3. The van der Waals surface area contributed by atoms with Crippen molar-refractivity contribution in [1.29, 1.82) is 0 Å². The van der Waals surface area contributed by atoms with E-state index in [-0.39, 0.29) is 0 Å². The fourth-order valence-corrected chi connectivity index (χ4v) is 1.51. The standard InChI is InChI=1S/C15H19FO3/c1-11(2)7-8-19-10-13-3-5-14(16)9-12(13)4-6-15(17)18/h3-6,9,11H,7-8,10H2,1-2H3,(H,17,18). The fourth-order valence-electron chi connectivity index (χ4n) is 1.51. The van der Waals surface area contributed by atoms with Gasteiger partial charge in [-0.1, -0.05) is 19.9 Å². The number of hydrogen-bond donors (Lipinski definition) is 1. The Labute approximate surface area is 112 Å². The van der Waals surface area contributed by atoms with Crippen LogP contribution in [0.5, 0.6) is 0 Å². The maximum atomic E-state index is 13.1. The Bertz CT molecular complexity index is 453. The number of halogens is 1. The Morgan fingerprint density at radius 3 is 2.84 bits per heavy atom. The molecule has 0 aromatic heterocycles. The van der Waals surface area contributed by atoms with Crippen LogP contribution < -0.4 is 0 Å². The maximum absolute atomic E-state index is 13.1. The molecule has 0 saturated heterocycles. The molecule has 4 heteroatoms. The molecule has 0 bridgehead atoms. The van der Waals surface area contributed by atoms with Crippen molar-refractivity contribution < 1.29 is 19.0 Å². The molecule has 0 unspecified atom stereocenters. The number of ether oxygens (including phenoxy) is 1. The van der Waals surface area contributed by atoms with Gasteiger partial charge in [0.05, 0.1) is 6.61 Å². The van der Waals surface area contributed by atoms with Crippen molar-refractivity contribution in [1.82, 2.24) is 0 Å². The summed E-state index contributed by atoms with van der Waals surface area (Å²) in [6.45, 7) is 5.22. The predicted octanol–water partition coefficient (Wildman–Crippen LogP) is 3.49. The van der Waals surface area contributed by atoms with Crippen LogP contribution in [0.15, 0.2) is 24.3 Å². The van der Waals surface area contributed by atoms with Crippen molar-refractivity contribution in [2.24, 2.45) is 5.92 Å². The average Bonchev–Trinajstić information content (AvgIpc) is 2.33. The maximum Gasteiger partial charge on any atom is 0.328 e. The normalized spacial score (nSPS) is 11.4. The lowest BCUT2D eigenvalue weighted by atomic mass is 10.1. The van der Waals surface area contributed by atoms with Crippen LogP contribution in [0.4, 0.5) is 4.39 Å². The number of benzene rings is 1. The van der Waals surface area contributed by atoms with Crippen molar-refractivity contribution in [3.63, 3.8) is 0 Å². The summed E-state index contributed by atoms with van der Waals surface area (Å²) >= 11 is 0. The summed E-state index contributed by atoms with van der Waals surface area (Å²) in [5.74, 6) is -0.883. The molecule has 1 N–H and O–H groups in total. The third kappa shape index (κ3) is 6.15. The van der Waals surface area contributed by atoms with Crippen molar-refractivity contribution in [2.45, 2.75) is 26.9 Å². The van der Waals surface area contributed by atoms with Crippen molar-refractivity contribution in [2.75, 3.05) is 6.61 Å². The average molecular weight is 266 g/mol. The Morgan fingerprint density at radius 1 is 1.47 bits per heavy atom. The van der Waals surface area contributed by atoms with E-state index in [2.05, 4.69) is 13.8 Å². The summed E-state index contributed by atoms with van der Waals surface area (Å²) < 4.78 is 18.7. The Kier molecular flexibility index (Phi) is 6.22. The predicted molar refractivity (Wildman–Crippen MR) is 72.2 cm³/mol. The number of hydrogen-bond acceptors (Lipinski definition) is 2. The first kappa shape index (κ1) is 15.4. The van der Waals surface area contributed by atoms with Crippen LogP contribution in [0.3, 0.4) is 0 Å². The highest BCUT2D eigenvalue weighted by Crippen LogP contribution is 2.15. The second-order valence-corrected chi connectivity index (χ2v) is 4.75. The van der Waals surface area contributed by atoms with E-state index in [0.717, 1.165) is 18.1 Å². The monoisotopic (exact) mass is 266 g/mol. The minimum Gasteiger partial charge on any atom is -0.478 e. The Hall–Kier alpha value is -1.68. The first-order chi connectivity index (χ1) is 8.99. The summed E-state index contributed by atoms with van der Waals surface area (Å²) in [4.78, 5) is 10.5. The Balaban J connectivity index is 2.68. The van der Waals surface area contributed by atoms with Gasteiger partial charge in [0.25, 0.3) is 0 Å². The van der Waals surface area contributed by atoms with E-state index in [9.17, 15) is 9.18 Å². The van der Waals surface area contributed by atoms with Crippen LogP contribution in [0, 0.1) is 11.7 Å². The number of carbonyl (C=O) groups is 1. The van der Waals surface area contributed by atoms with Gasteiger partial charge in [-0.25, -0.2) is 9.18 Å². The summed E-state index contributed by atoms with van der Waals surface area (Å²) in [6, 6.07) is 4.27. The molecule has 3 nitrogen and oxygen atoms in total. The molecule has 1 rings (SSSR count). The van der Waals surface area contributed by atoms with Crippen LogP contribution >= 0.6 is 0 Å². The van der Waals surface area contributed by atoms with Gasteiger partial charge in [-0.3, -0.25) is 0 Å². The summed E-state index contributed by atoms with van der Waals surface area (Å²) in [7, 11) is 0. The third-order valence-electron chi connectivity index (χ3n) is 2.61. The van der Waals surface area contributed by atoms with E-state index >= 15 is 0 Å². The zero-order valence-corrected chi connectivity index (χ0v) is 11.2. The summed E-state index contributed by atoms with van der Waals surface area (Å²) in [6.07, 6.45) is 3.33. The lowest BCUT2D eigenvalue weighted by Gasteiger charge is -2.09. The topological polar surface area (TPSA) is 46.5 Å². The van der Waals surface area contributed by atoms with E-state index < -0.39 is 11.8 Å². The molecule has 0 radical (unpaired) electrons. The van der Waals surface area contributed by atoms with Gasteiger partial charge in [-0.15, -0.1) is 0 Å². The van der Waals surface area contributed by atoms with Crippen LogP contribution in [-0.2, 0) is 16.1 Å². The highest BCUT2D eigenvalue weighted by molar-refractivity contribution is 5.85. The molecule has 0 atom stereocenters. The first-order valence-corrected chi connectivity index (χ1v) is 6.26. The van der Waals surface area contributed by atoms with Crippen molar-refractivity contribution in [3.05, 3.63) is 41.2 Å². The van der Waals surface area contributed by atoms with Crippen LogP contribution in [0.1, 0.15) is 31.4 Å². The SMILES string of the molecule is CC(C)CCOCc1ccc(F)cc1C=CC(=O)O. The number of carboxylic acids is 1. The van der Waals surface area contributed by atoms with E-state index in [4.69, 9.17) is 9.84 Å². The van der Waals surface area contributed by atoms with E-state index in [1.807, 2.05) is 0 Å². The highest BCUT2D eigenvalue weighted by Gasteiger charge is 2.03. The number of aliphatic carboxylic acids is 1. The van der Waals surface area contributed by atoms with Gasteiger partial charge < -0.3 is 9.84 Å². The molecular weight excluding hydrogens is 247 g/mol. The molecule has 104 valence electrons. The summed E-state index contributed by atoms with van der Waals surface area (Å²) in [5.41, 5.74) is 1.31. The van der Waals surface area contributed by atoms with Gasteiger partial charge >= 0.3 is 5.97 Å². The van der Waals surface area contributed by atoms with Crippen molar-refractivity contribution >= 4 is 12.0 Å². The fraction of sp³-hybridized carbons (Fsp3) is 0.400. The summed E-state index contributed by atoms with van der Waals surface area (Å²) in [5, 5.41) is 8.60. The van der Waals surface area contributed by atoms with Gasteiger partial charge in [-0.05, 0) is 41.7 Å². The smallest absolute Gasteiger partial charge is 0.328 e. The number of carboxylic acid groups (broad SMARTS) is 1. The lowest BCUT2D eigenvalue weighted by molar-refractivity contribution is -0.131. The second-order valence-electron chi connectivity index (χ2n) is 4.75. The molecule has 19 heavy (non-hydrogen) atoms. The Morgan fingerprint density at radius 2 is 2.21 bits per heavy atom. The molecule has 0 spiro atoms. The molecule has 1 aromatic rings. The minimum absolute atomic E-state index is 0.353. The zero-order valence-electron chi connectivity index (χ0n) is 11.2. The van der Waals surface area contributed by atoms with Gasteiger partial charge in [0.15, 0.2) is 0 Å². The molecule has 0 saturated carbocycles. The molecule has 0 fully saturated rings. The lowest BCUT2D eigenvalue weighted by Crippen LogP contribution is -2.01. The minimum atomic E-state index is -1.06. The second kappa shape index (κ2) is 7.69. The molecule has 0 amide bonds. The van der Waals surface area contributed by atoms with Gasteiger partial charge in [0, 0.05) is 12.7 Å². The zero-order chi connectivity index (χ0) is 14.3.